The Bertz CT molecular complexity index is 551. The number of pyridine rings is 1. The third kappa shape index (κ3) is 2.29. The molecule has 0 amide bonds. The van der Waals surface area contributed by atoms with Gasteiger partial charge in [0.2, 0.25) is 0 Å². The molecule has 5 heteroatoms. The normalized spacial score (nSPS) is 10.4. The highest BCUT2D eigenvalue weighted by Crippen LogP contribution is 2.01. The number of halogens is 1. The van der Waals surface area contributed by atoms with Crippen molar-refractivity contribution < 1.29 is 0 Å². The molecular weight excluding hydrogens is 317 g/mol. The van der Waals surface area contributed by atoms with Crippen LogP contribution in [0, 0.1) is 10.5 Å². The molecule has 0 unspecified atom stereocenters. The van der Waals surface area contributed by atoms with E-state index in [-0.39, 0.29) is 5.56 Å². The van der Waals surface area contributed by atoms with Crippen LogP contribution in [0.2, 0.25) is 0 Å². The molecule has 2 aromatic heterocycles. The summed E-state index contributed by atoms with van der Waals surface area (Å²) in [6, 6.07) is 5.65. The molecule has 0 saturated heterocycles. The van der Waals surface area contributed by atoms with Gasteiger partial charge in [0.25, 0.3) is 5.56 Å². The van der Waals surface area contributed by atoms with E-state index in [1.54, 1.807) is 17.0 Å². The van der Waals surface area contributed by atoms with E-state index in [2.05, 4.69) is 9.97 Å². The average molecular weight is 327 g/mol. The van der Waals surface area contributed by atoms with Crippen molar-refractivity contribution in [3.05, 3.63) is 56.0 Å². The monoisotopic (exact) mass is 327 g/mol. The van der Waals surface area contributed by atoms with Gasteiger partial charge in [-0.3, -0.25) is 14.3 Å². The second-order valence-corrected chi connectivity index (χ2v) is 4.53. The minimum atomic E-state index is -0.0150. The Morgan fingerprint density at radius 2 is 2.19 bits per heavy atom. The Labute approximate surface area is 107 Å². The fourth-order valence-corrected chi connectivity index (χ4v) is 1.82. The highest BCUT2D eigenvalue weighted by molar-refractivity contribution is 14.1. The van der Waals surface area contributed by atoms with Crippen LogP contribution in [-0.4, -0.2) is 14.5 Å². The van der Waals surface area contributed by atoms with Gasteiger partial charge in [-0.2, -0.15) is 0 Å². The van der Waals surface area contributed by atoms with Gasteiger partial charge >= 0.3 is 0 Å². The smallest absolute Gasteiger partial charge is 0.267 e. The third-order valence-corrected chi connectivity index (χ3v) is 2.99. The van der Waals surface area contributed by atoms with Gasteiger partial charge in [0, 0.05) is 12.4 Å². The summed E-state index contributed by atoms with van der Waals surface area (Å²) in [6.45, 7) is 2.29. The first kappa shape index (κ1) is 11.3. The summed E-state index contributed by atoms with van der Waals surface area (Å²) >= 11 is 1.99. The van der Waals surface area contributed by atoms with E-state index in [4.69, 9.17) is 0 Å². The number of aromatic nitrogens is 3. The summed E-state index contributed by atoms with van der Waals surface area (Å²) in [5.74, 6) is 0.705. The predicted octanol–water partition coefficient (Wildman–Crippen LogP) is 1.60. The van der Waals surface area contributed by atoms with Crippen molar-refractivity contribution in [3.63, 3.8) is 0 Å². The van der Waals surface area contributed by atoms with Crippen LogP contribution in [-0.2, 0) is 6.54 Å². The van der Waals surface area contributed by atoms with E-state index < -0.39 is 0 Å². The molecule has 0 aromatic carbocycles. The largest absolute Gasteiger partial charge is 0.290 e. The summed E-state index contributed by atoms with van der Waals surface area (Å²) in [6.07, 6.45) is 3.31. The van der Waals surface area contributed by atoms with Gasteiger partial charge in [-0.1, -0.05) is 6.07 Å². The zero-order valence-corrected chi connectivity index (χ0v) is 10.9. The Hall–Kier alpha value is -1.24. The van der Waals surface area contributed by atoms with Gasteiger partial charge in [-0.25, -0.2) is 4.98 Å². The molecule has 0 N–H and O–H groups in total. The van der Waals surface area contributed by atoms with Crippen molar-refractivity contribution >= 4 is 22.6 Å². The van der Waals surface area contributed by atoms with E-state index in [0.717, 1.165) is 5.69 Å². The molecule has 0 aliphatic carbocycles. The second-order valence-electron chi connectivity index (χ2n) is 3.37. The number of rotatable bonds is 2. The van der Waals surface area contributed by atoms with Crippen LogP contribution in [0.5, 0.6) is 0 Å². The molecule has 2 rings (SSSR count). The van der Waals surface area contributed by atoms with Crippen LogP contribution in [0.3, 0.4) is 0 Å². The SMILES string of the molecule is Cc1ncc(I)c(=O)n1Cc1ccccn1. The molecule has 4 nitrogen and oxygen atoms in total. The molecular formula is C11H10IN3O. The first-order chi connectivity index (χ1) is 7.68. The fraction of sp³-hybridized carbons (Fsp3) is 0.182. The van der Waals surface area contributed by atoms with Crippen molar-refractivity contribution in [2.75, 3.05) is 0 Å². The molecule has 0 aliphatic rings. The highest BCUT2D eigenvalue weighted by Gasteiger charge is 2.06. The zero-order chi connectivity index (χ0) is 11.5. The molecule has 0 saturated carbocycles. The predicted molar refractivity (Wildman–Crippen MR) is 69.3 cm³/mol. The molecule has 0 radical (unpaired) electrons. The van der Waals surface area contributed by atoms with E-state index in [0.29, 0.717) is 15.9 Å². The van der Waals surface area contributed by atoms with Gasteiger partial charge in [0.05, 0.1) is 15.8 Å². The molecule has 82 valence electrons. The summed E-state index contributed by atoms with van der Waals surface area (Å²) in [4.78, 5) is 20.2. The maximum Gasteiger partial charge on any atom is 0.267 e. The summed E-state index contributed by atoms with van der Waals surface area (Å²) in [7, 11) is 0. The van der Waals surface area contributed by atoms with E-state index >= 15 is 0 Å². The summed E-state index contributed by atoms with van der Waals surface area (Å²) in [5, 5.41) is 0. The highest BCUT2D eigenvalue weighted by atomic mass is 127. The van der Waals surface area contributed by atoms with Gasteiger partial charge in [-0.15, -0.1) is 0 Å². The topological polar surface area (TPSA) is 47.8 Å². The van der Waals surface area contributed by atoms with Crippen molar-refractivity contribution in [2.24, 2.45) is 0 Å². The lowest BCUT2D eigenvalue weighted by Crippen LogP contribution is -2.26. The molecule has 2 heterocycles. The van der Waals surface area contributed by atoms with Crippen LogP contribution in [0.25, 0.3) is 0 Å². The Morgan fingerprint density at radius 1 is 1.38 bits per heavy atom. The van der Waals surface area contributed by atoms with Crippen LogP contribution in [0.4, 0.5) is 0 Å². The minimum absolute atomic E-state index is 0.0150. The fourth-order valence-electron chi connectivity index (χ4n) is 1.39. The maximum absolute atomic E-state index is 11.9. The third-order valence-electron chi connectivity index (χ3n) is 2.25. The van der Waals surface area contributed by atoms with Crippen molar-refractivity contribution in [2.45, 2.75) is 13.5 Å². The van der Waals surface area contributed by atoms with Crippen LogP contribution in [0.1, 0.15) is 11.5 Å². The van der Waals surface area contributed by atoms with Crippen LogP contribution >= 0.6 is 22.6 Å². The number of hydrogen-bond acceptors (Lipinski definition) is 3. The lowest BCUT2D eigenvalue weighted by atomic mass is 10.3. The van der Waals surface area contributed by atoms with E-state index in [9.17, 15) is 4.79 Å². The van der Waals surface area contributed by atoms with Crippen LogP contribution in [0.15, 0.2) is 35.4 Å². The maximum atomic E-state index is 11.9. The average Bonchev–Trinajstić information content (AvgIpc) is 2.31. The number of nitrogens with zero attached hydrogens (tertiary/aromatic N) is 3. The van der Waals surface area contributed by atoms with E-state index in [1.165, 1.54) is 0 Å². The van der Waals surface area contributed by atoms with Gasteiger partial charge in [-0.05, 0) is 41.6 Å². The van der Waals surface area contributed by atoms with Gasteiger partial charge in [0.1, 0.15) is 5.82 Å². The van der Waals surface area contributed by atoms with Crippen LogP contribution < -0.4 is 5.56 Å². The quantitative estimate of drug-likeness (QED) is 0.787. The summed E-state index contributed by atoms with van der Waals surface area (Å²) in [5.41, 5.74) is 0.843. The van der Waals surface area contributed by atoms with Crippen molar-refractivity contribution in [3.8, 4) is 0 Å². The van der Waals surface area contributed by atoms with Crippen molar-refractivity contribution in [1.29, 1.82) is 0 Å². The number of hydrogen-bond donors (Lipinski definition) is 0. The van der Waals surface area contributed by atoms with Crippen molar-refractivity contribution in [1.82, 2.24) is 14.5 Å². The molecule has 0 aliphatic heterocycles. The molecule has 0 bridgehead atoms. The molecule has 0 fully saturated rings. The molecule has 16 heavy (non-hydrogen) atoms. The van der Waals surface area contributed by atoms with Gasteiger partial charge < -0.3 is 0 Å². The van der Waals surface area contributed by atoms with Gasteiger partial charge in [0.15, 0.2) is 0 Å². The minimum Gasteiger partial charge on any atom is -0.290 e. The Balaban J connectivity index is 2.43. The number of aryl methyl sites for hydroxylation is 1. The second kappa shape index (κ2) is 4.73. The Morgan fingerprint density at radius 3 is 2.88 bits per heavy atom. The molecule has 2 aromatic rings. The zero-order valence-electron chi connectivity index (χ0n) is 8.72. The summed E-state index contributed by atoms with van der Waals surface area (Å²) < 4.78 is 2.25. The standard InChI is InChI=1S/C11H10IN3O/c1-8-14-6-10(12)11(16)15(8)7-9-4-2-3-5-13-9/h2-6H,7H2,1H3. The lowest BCUT2D eigenvalue weighted by molar-refractivity contribution is 0.681. The van der Waals surface area contributed by atoms with E-state index in [1.807, 2.05) is 47.7 Å². The molecule has 0 spiro atoms. The Kier molecular flexibility index (Phi) is 3.33. The lowest BCUT2D eigenvalue weighted by Gasteiger charge is -2.08. The first-order valence-corrected chi connectivity index (χ1v) is 5.88. The first-order valence-electron chi connectivity index (χ1n) is 4.80. The molecule has 0 atom stereocenters.